The summed E-state index contributed by atoms with van der Waals surface area (Å²) in [4.78, 5) is 35.7. The van der Waals surface area contributed by atoms with Gasteiger partial charge in [-0.15, -0.1) is 0 Å². The summed E-state index contributed by atoms with van der Waals surface area (Å²) in [6, 6.07) is -0.121. The Labute approximate surface area is 155 Å². The average Bonchev–Trinajstić information content (AvgIpc) is 2.53. The first-order valence-electron chi connectivity index (χ1n) is 9.66. The number of rotatable bonds is 4. The van der Waals surface area contributed by atoms with E-state index in [1.165, 1.54) is 0 Å². The minimum atomic E-state index is -0.775. The first-order chi connectivity index (χ1) is 12.1. The number of carbonyl (C=O) groups excluding carboxylic acids is 2. The topological polar surface area (TPSA) is 105 Å². The Kier molecular flexibility index (Phi) is 6.89. The van der Waals surface area contributed by atoms with Gasteiger partial charge in [-0.2, -0.15) is 0 Å². The lowest BCUT2D eigenvalue weighted by Gasteiger charge is -2.32. The number of hydrogen-bond acceptors (Lipinski definition) is 4. The standard InChI is InChI=1S/C19H32N2O5/c1-19(2,3)26-18(25)21-15-9-4-6-12(10-15)16(22)20-14-8-5-7-13(11-14)17(23)24/h12-15H,4-11H2,1-3H3,(H,20,22)(H,21,25)(H,23,24)/t12-,13-,14+,15+/m1/s1. The van der Waals surface area contributed by atoms with Crippen molar-refractivity contribution in [3.8, 4) is 0 Å². The lowest BCUT2D eigenvalue weighted by atomic mass is 9.83. The second kappa shape index (κ2) is 8.73. The molecule has 7 nitrogen and oxygen atoms in total. The molecule has 0 aromatic rings. The van der Waals surface area contributed by atoms with Crippen LogP contribution in [-0.4, -0.2) is 40.8 Å². The Morgan fingerprint density at radius 3 is 2.00 bits per heavy atom. The zero-order valence-corrected chi connectivity index (χ0v) is 16.0. The van der Waals surface area contributed by atoms with Crippen LogP contribution in [0.4, 0.5) is 4.79 Å². The van der Waals surface area contributed by atoms with Crippen LogP contribution in [0.2, 0.25) is 0 Å². The SMILES string of the molecule is CC(C)(C)OC(=O)N[C@H]1CCC[C@@H](C(=O)N[C@H]2CCC[C@@H](C(=O)O)C2)C1. The molecule has 4 atom stereocenters. The van der Waals surface area contributed by atoms with E-state index in [1.54, 1.807) is 0 Å². The summed E-state index contributed by atoms with van der Waals surface area (Å²) in [5, 5.41) is 15.1. The lowest BCUT2D eigenvalue weighted by molar-refractivity contribution is -0.143. The van der Waals surface area contributed by atoms with Crippen LogP contribution >= 0.6 is 0 Å². The molecule has 2 saturated carbocycles. The van der Waals surface area contributed by atoms with Crippen LogP contribution in [0.1, 0.15) is 72.1 Å². The van der Waals surface area contributed by atoms with E-state index in [9.17, 15) is 19.5 Å². The molecule has 0 bridgehead atoms. The third-order valence-corrected chi connectivity index (χ3v) is 5.14. The van der Waals surface area contributed by atoms with Crippen molar-refractivity contribution in [3.05, 3.63) is 0 Å². The molecular weight excluding hydrogens is 336 g/mol. The lowest BCUT2D eigenvalue weighted by Crippen LogP contribution is -2.47. The van der Waals surface area contributed by atoms with Crippen molar-refractivity contribution in [2.75, 3.05) is 0 Å². The van der Waals surface area contributed by atoms with Crippen molar-refractivity contribution in [3.63, 3.8) is 0 Å². The Morgan fingerprint density at radius 2 is 1.42 bits per heavy atom. The maximum Gasteiger partial charge on any atom is 0.407 e. The molecule has 0 aromatic carbocycles. The summed E-state index contributed by atoms with van der Waals surface area (Å²) in [6.07, 6.45) is 5.53. The minimum absolute atomic E-state index is 0.0169. The molecule has 0 radical (unpaired) electrons. The second-order valence-corrected chi connectivity index (χ2v) is 8.61. The summed E-state index contributed by atoms with van der Waals surface area (Å²) < 4.78 is 5.29. The van der Waals surface area contributed by atoms with Gasteiger partial charge in [0.25, 0.3) is 0 Å². The van der Waals surface area contributed by atoms with Crippen molar-refractivity contribution in [2.45, 2.75) is 89.8 Å². The van der Waals surface area contributed by atoms with E-state index in [2.05, 4.69) is 10.6 Å². The van der Waals surface area contributed by atoms with Gasteiger partial charge in [-0.3, -0.25) is 9.59 Å². The van der Waals surface area contributed by atoms with Gasteiger partial charge in [0, 0.05) is 18.0 Å². The highest BCUT2D eigenvalue weighted by Gasteiger charge is 2.32. The zero-order valence-electron chi connectivity index (χ0n) is 16.0. The van der Waals surface area contributed by atoms with Gasteiger partial charge in [0.05, 0.1) is 5.92 Å². The molecule has 0 heterocycles. The van der Waals surface area contributed by atoms with E-state index in [0.717, 1.165) is 32.1 Å². The summed E-state index contributed by atoms with van der Waals surface area (Å²) in [5.41, 5.74) is -0.544. The van der Waals surface area contributed by atoms with Gasteiger partial charge >= 0.3 is 12.1 Å². The highest BCUT2D eigenvalue weighted by atomic mass is 16.6. The van der Waals surface area contributed by atoms with Crippen LogP contribution in [0.15, 0.2) is 0 Å². The summed E-state index contributed by atoms with van der Waals surface area (Å²) in [6.45, 7) is 5.45. The van der Waals surface area contributed by atoms with Gasteiger partial charge in [-0.25, -0.2) is 4.79 Å². The third kappa shape index (κ3) is 6.50. The Bertz CT molecular complexity index is 529. The van der Waals surface area contributed by atoms with Crippen molar-refractivity contribution >= 4 is 18.0 Å². The van der Waals surface area contributed by atoms with Gasteiger partial charge < -0.3 is 20.5 Å². The number of carboxylic acid groups (broad SMARTS) is 1. The van der Waals surface area contributed by atoms with E-state index in [4.69, 9.17) is 4.74 Å². The summed E-state index contributed by atoms with van der Waals surface area (Å²) in [5.74, 6) is -1.30. The predicted molar refractivity (Wildman–Crippen MR) is 96.6 cm³/mol. The molecule has 7 heteroatoms. The fourth-order valence-electron chi connectivity index (χ4n) is 3.90. The molecule has 0 aliphatic heterocycles. The van der Waals surface area contributed by atoms with Crippen molar-refractivity contribution in [2.24, 2.45) is 11.8 Å². The predicted octanol–water partition coefficient (Wildman–Crippen LogP) is 2.83. The molecule has 0 saturated heterocycles. The minimum Gasteiger partial charge on any atom is -0.481 e. The van der Waals surface area contributed by atoms with E-state index >= 15 is 0 Å². The van der Waals surface area contributed by atoms with Gasteiger partial charge in [0.1, 0.15) is 5.60 Å². The normalized spacial score (nSPS) is 29.5. The molecular formula is C19H32N2O5. The number of hydrogen-bond donors (Lipinski definition) is 3. The number of carbonyl (C=O) groups is 3. The molecule has 2 fully saturated rings. The molecule has 2 amide bonds. The maximum atomic E-state index is 12.6. The van der Waals surface area contributed by atoms with E-state index in [-0.39, 0.29) is 29.8 Å². The van der Waals surface area contributed by atoms with Crippen LogP contribution in [0, 0.1) is 11.8 Å². The number of amides is 2. The molecule has 2 rings (SSSR count). The molecule has 0 spiro atoms. The fourth-order valence-corrected chi connectivity index (χ4v) is 3.90. The maximum absolute atomic E-state index is 12.6. The molecule has 3 N–H and O–H groups in total. The Morgan fingerprint density at radius 1 is 0.885 bits per heavy atom. The van der Waals surface area contributed by atoms with Crippen molar-refractivity contribution < 1.29 is 24.2 Å². The first kappa shape index (κ1) is 20.5. The molecule has 0 aromatic heterocycles. The van der Waals surface area contributed by atoms with E-state index < -0.39 is 17.7 Å². The first-order valence-corrected chi connectivity index (χ1v) is 9.66. The summed E-state index contributed by atoms with van der Waals surface area (Å²) >= 11 is 0. The Hall–Kier alpha value is -1.79. The van der Waals surface area contributed by atoms with Crippen LogP contribution in [0.3, 0.4) is 0 Å². The third-order valence-electron chi connectivity index (χ3n) is 5.14. The molecule has 148 valence electrons. The van der Waals surface area contributed by atoms with E-state index in [0.29, 0.717) is 19.3 Å². The van der Waals surface area contributed by atoms with Gasteiger partial charge in [-0.05, 0) is 59.3 Å². The van der Waals surface area contributed by atoms with Gasteiger partial charge in [-0.1, -0.05) is 12.8 Å². The second-order valence-electron chi connectivity index (χ2n) is 8.61. The van der Waals surface area contributed by atoms with Gasteiger partial charge in [0.15, 0.2) is 0 Å². The summed E-state index contributed by atoms with van der Waals surface area (Å²) in [7, 11) is 0. The van der Waals surface area contributed by atoms with E-state index in [1.807, 2.05) is 20.8 Å². The van der Waals surface area contributed by atoms with Crippen LogP contribution in [0.5, 0.6) is 0 Å². The Balaban J connectivity index is 1.81. The molecule has 2 aliphatic rings. The molecule has 0 unspecified atom stereocenters. The van der Waals surface area contributed by atoms with Gasteiger partial charge in [0.2, 0.25) is 5.91 Å². The highest BCUT2D eigenvalue weighted by Crippen LogP contribution is 2.28. The number of ether oxygens (including phenoxy) is 1. The number of carboxylic acids is 1. The molecule has 2 aliphatic carbocycles. The van der Waals surface area contributed by atoms with Crippen LogP contribution in [0.25, 0.3) is 0 Å². The largest absolute Gasteiger partial charge is 0.481 e. The molecule has 26 heavy (non-hydrogen) atoms. The number of nitrogens with one attached hydrogen (secondary N) is 2. The fraction of sp³-hybridized carbons (Fsp3) is 0.842. The number of aliphatic carboxylic acids is 1. The van der Waals surface area contributed by atoms with Crippen molar-refractivity contribution in [1.29, 1.82) is 0 Å². The highest BCUT2D eigenvalue weighted by molar-refractivity contribution is 5.79. The zero-order chi connectivity index (χ0) is 19.3. The smallest absolute Gasteiger partial charge is 0.407 e. The van der Waals surface area contributed by atoms with Crippen LogP contribution < -0.4 is 10.6 Å². The monoisotopic (exact) mass is 368 g/mol. The van der Waals surface area contributed by atoms with Crippen LogP contribution in [-0.2, 0) is 14.3 Å². The average molecular weight is 368 g/mol. The quantitative estimate of drug-likeness (QED) is 0.708. The number of alkyl carbamates (subject to hydrolysis) is 1. The van der Waals surface area contributed by atoms with Crippen molar-refractivity contribution in [1.82, 2.24) is 10.6 Å².